The second-order valence-electron chi connectivity index (χ2n) is 5.01. The van der Waals surface area contributed by atoms with Crippen LogP contribution in [0.3, 0.4) is 0 Å². The third-order valence-electron chi connectivity index (χ3n) is 3.15. The fourth-order valence-electron chi connectivity index (χ4n) is 1.97. The lowest BCUT2D eigenvalue weighted by molar-refractivity contribution is -0.390. The Morgan fingerprint density at radius 3 is 2.83 bits per heavy atom. The Bertz CT molecular complexity index is 849. The standard InChI is InChI=1S/C16H14N4O3S/c1-11-4-6-12(7-5-11)18-16-19-13(10-24-16)9-23-14-3-2-8-17-15(14)20(21)22/h2-8,10H,9H2,1H3,(H,18,19). The summed E-state index contributed by atoms with van der Waals surface area (Å²) in [4.78, 5) is 18.4. The van der Waals surface area contributed by atoms with E-state index in [0.29, 0.717) is 5.69 Å². The first-order valence-electron chi connectivity index (χ1n) is 7.12. The highest BCUT2D eigenvalue weighted by molar-refractivity contribution is 7.13. The Kier molecular flexibility index (Phi) is 4.66. The molecule has 0 fully saturated rings. The molecule has 3 rings (SSSR count). The Labute approximate surface area is 142 Å². The van der Waals surface area contributed by atoms with Crippen LogP contribution in [0, 0.1) is 17.0 Å². The van der Waals surface area contributed by atoms with Crippen LogP contribution in [-0.4, -0.2) is 14.9 Å². The summed E-state index contributed by atoms with van der Waals surface area (Å²) < 4.78 is 5.48. The summed E-state index contributed by atoms with van der Waals surface area (Å²) in [5.41, 5.74) is 2.82. The van der Waals surface area contributed by atoms with E-state index in [4.69, 9.17) is 4.74 Å². The highest BCUT2D eigenvalue weighted by Crippen LogP contribution is 2.25. The molecule has 1 aromatic carbocycles. The first-order chi connectivity index (χ1) is 11.6. The van der Waals surface area contributed by atoms with Gasteiger partial charge in [-0.25, -0.2) is 4.98 Å². The number of nitrogens with zero attached hydrogens (tertiary/aromatic N) is 3. The van der Waals surface area contributed by atoms with Crippen LogP contribution in [0.1, 0.15) is 11.3 Å². The molecule has 24 heavy (non-hydrogen) atoms. The number of ether oxygens (including phenoxy) is 1. The third kappa shape index (κ3) is 3.85. The fourth-order valence-corrected chi connectivity index (χ4v) is 2.69. The highest BCUT2D eigenvalue weighted by Gasteiger charge is 2.16. The molecule has 0 aliphatic heterocycles. The van der Waals surface area contributed by atoms with Crippen LogP contribution >= 0.6 is 11.3 Å². The van der Waals surface area contributed by atoms with Gasteiger partial charge in [-0.2, -0.15) is 0 Å². The van der Waals surface area contributed by atoms with Crippen molar-refractivity contribution in [2.24, 2.45) is 0 Å². The van der Waals surface area contributed by atoms with Gasteiger partial charge in [-0.15, -0.1) is 11.3 Å². The normalized spacial score (nSPS) is 10.4. The zero-order valence-electron chi connectivity index (χ0n) is 12.8. The largest absolute Gasteiger partial charge is 0.479 e. The van der Waals surface area contributed by atoms with Crippen molar-refractivity contribution >= 4 is 28.0 Å². The van der Waals surface area contributed by atoms with Gasteiger partial charge in [-0.1, -0.05) is 17.7 Å². The van der Waals surface area contributed by atoms with Crippen LogP contribution < -0.4 is 10.1 Å². The number of nitrogens with one attached hydrogen (secondary N) is 1. The molecule has 0 unspecified atom stereocenters. The zero-order chi connectivity index (χ0) is 16.9. The second kappa shape index (κ2) is 7.05. The topological polar surface area (TPSA) is 90.2 Å². The smallest absolute Gasteiger partial charge is 0.406 e. The van der Waals surface area contributed by atoms with Crippen molar-refractivity contribution in [1.82, 2.24) is 9.97 Å². The maximum absolute atomic E-state index is 10.9. The summed E-state index contributed by atoms with van der Waals surface area (Å²) in [6.45, 7) is 2.17. The number of hydrogen-bond acceptors (Lipinski definition) is 7. The molecule has 0 aliphatic carbocycles. The van der Waals surface area contributed by atoms with Gasteiger partial charge in [0.2, 0.25) is 5.75 Å². The van der Waals surface area contributed by atoms with Gasteiger partial charge < -0.3 is 20.2 Å². The zero-order valence-corrected chi connectivity index (χ0v) is 13.6. The van der Waals surface area contributed by atoms with Gasteiger partial charge in [-0.05, 0) is 41.1 Å². The van der Waals surface area contributed by atoms with Crippen molar-refractivity contribution in [3.05, 3.63) is 69.3 Å². The van der Waals surface area contributed by atoms with Crippen molar-refractivity contribution < 1.29 is 9.66 Å². The minimum Gasteiger partial charge on any atom is -0.479 e. The molecule has 8 heteroatoms. The molecule has 0 amide bonds. The third-order valence-corrected chi connectivity index (χ3v) is 3.96. The summed E-state index contributed by atoms with van der Waals surface area (Å²) in [5, 5.41) is 16.7. The van der Waals surface area contributed by atoms with E-state index in [9.17, 15) is 10.1 Å². The molecule has 1 N–H and O–H groups in total. The van der Waals surface area contributed by atoms with Crippen molar-refractivity contribution in [1.29, 1.82) is 0 Å². The molecular weight excluding hydrogens is 328 g/mol. The van der Waals surface area contributed by atoms with E-state index in [0.717, 1.165) is 10.8 Å². The van der Waals surface area contributed by atoms with E-state index in [1.54, 1.807) is 6.07 Å². The fraction of sp³-hybridized carbons (Fsp3) is 0.125. The molecule has 0 saturated heterocycles. The van der Waals surface area contributed by atoms with Gasteiger partial charge in [0.15, 0.2) is 5.13 Å². The Morgan fingerprint density at radius 1 is 1.29 bits per heavy atom. The summed E-state index contributed by atoms with van der Waals surface area (Å²) in [6.07, 6.45) is 1.36. The molecule has 0 spiro atoms. The van der Waals surface area contributed by atoms with Crippen LogP contribution in [0.2, 0.25) is 0 Å². The maximum Gasteiger partial charge on any atom is 0.406 e. The lowest BCUT2D eigenvalue weighted by atomic mass is 10.2. The molecule has 0 radical (unpaired) electrons. The molecule has 0 saturated carbocycles. The Balaban J connectivity index is 1.64. The summed E-state index contributed by atoms with van der Waals surface area (Å²) in [5.74, 6) is -0.172. The lowest BCUT2D eigenvalue weighted by Crippen LogP contribution is -2.01. The SMILES string of the molecule is Cc1ccc(Nc2nc(COc3cccnc3[N+](=O)[O-])cs2)cc1. The number of aryl methyl sites for hydroxylation is 1. The van der Waals surface area contributed by atoms with E-state index >= 15 is 0 Å². The van der Waals surface area contributed by atoms with Crippen molar-refractivity contribution in [2.45, 2.75) is 13.5 Å². The van der Waals surface area contributed by atoms with Gasteiger partial charge in [0.25, 0.3) is 0 Å². The monoisotopic (exact) mass is 342 g/mol. The van der Waals surface area contributed by atoms with Gasteiger partial charge >= 0.3 is 5.82 Å². The average molecular weight is 342 g/mol. The molecule has 2 aromatic heterocycles. The number of benzene rings is 1. The second-order valence-corrected chi connectivity index (χ2v) is 5.86. The van der Waals surface area contributed by atoms with E-state index < -0.39 is 4.92 Å². The van der Waals surface area contributed by atoms with E-state index in [2.05, 4.69) is 15.3 Å². The number of hydrogen-bond donors (Lipinski definition) is 1. The molecule has 3 aromatic rings. The predicted octanol–water partition coefficient (Wildman–Crippen LogP) is 4.08. The maximum atomic E-state index is 10.9. The molecular formula is C16H14N4O3S. The number of nitro groups is 1. The number of rotatable bonds is 6. The number of pyridine rings is 1. The van der Waals surface area contributed by atoms with Crippen molar-refractivity contribution in [2.75, 3.05) is 5.32 Å². The molecule has 0 bridgehead atoms. The van der Waals surface area contributed by atoms with Crippen LogP contribution in [0.15, 0.2) is 48.0 Å². The highest BCUT2D eigenvalue weighted by atomic mass is 32.1. The van der Waals surface area contributed by atoms with E-state index in [-0.39, 0.29) is 18.2 Å². The minimum absolute atomic E-state index is 0.128. The van der Waals surface area contributed by atoms with Crippen LogP contribution in [0.25, 0.3) is 0 Å². The lowest BCUT2D eigenvalue weighted by Gasteiger charge is -2.04. The van der Waals surface area contributed by atoms with Crippen LogP contribution in [-0.2, 0) is 6.61 Å². The van der Waals surface area contributed by atoms with E-state index in [1.165, 1.54) is 29.2 Å². The first kappa shape index (κ1) is 15.9. The van der Waals surface area contributed by atoms with Gasteiger partial charge in [0.1, 0.15) is 12.8 Å². The number of thiazole rings is 1. The van der Waals surface area contributed by atoms with Gasteiger partial charge in [0.05, 0.1) is 5.69 Å². The molecule has 0 aliphatic rings. The summed E-state index contributed by atoms with van der Waals surface area (Å²) in [6, 6.07) is 11.1. The summed E-state index contributed by atoms with van der Waals surface area (Å²) in [7, 11) is 0. The van der Waals surface area contributed by atoms with Crippen LogP contribution in [0.5, 0.6) is 5.75 Å². The molecule has 2 heterocycles. The average Bonchev–Trinajstić information content (AvgIpc) is 3.03. The minimum atomic E-state index is -0.569. The van der Waals surface area contributed by atoms with Gasteiger partial charge in [0, 0.05) is 11.1 Å². The summed E-state index contributed by atoms with van der Waals surface area (Å²) >= 11 is 1.44. The number of anilines is 2. The van der Waals surface area contributed by atoms with Crippen molar-refractivity contribution in [3.8, 4) is 5.75 Å². The molecule has 122 valence electrons. The Hall–Kier alpha value is -3.00. The number of aromatic nitrogens is 2. The first-order valence-corrected chi connectivity index (χ1v) is 8.00. The quantitative estimate of drug-likeness (QED) is 0.536. The van der Waals surface area contributed by atoms with Gasteiger partial charge in [-0.3, -0.25) is 0 Å². The Morgan fingerprint density at radius 2 is 2.08 bits per heavy atom. The van der Waals surface area contributed by atoms with Crippen molar-refractivity contribution in [3.63, 3.8) is 0 Å². The molecule has 7 nitrogen and oxygen atoms in total. The van der Waals surface area contributed by atoms with Crippen LogP contribution in [0.4, 0.5) is 16.6 Å². The van der Waals surface area contributed by atoms with E-state index in [1.807, 2.05) is 36.6 Å². The predicted molar refractivity (Wildman–Crippen MR) is 91.8 cm³/mol. The molecule has 0 atom stereocenters.